The van der Waals surface area contributed by atoms with E-state index in [1.807, 2.05) is 13.8 Å². The normalized spacial score (nSPS) is 20.1. The third-order valence-electron chi connectivity index (χ3n) is 2.48. The van der Waals surface area contributed by atoms with Gasteiger partial charge in [-0.15, -0.1) is 6.58 Å². The molecule has 1 atom stereocenters. The van der Waals surface area contributed by atoms with Crippen LogP contribution < -0.4 is 10.6 Å². The maximum atomic E-state index is 11.3. The maximum absolute atomic E-state index is 11.3. The summed E-state index contributed by atoms with van der Waals surface area (Å²) in [5.74, 6) is -0.544. The van der Waals surface area contributed by atoms with Gasteiger partial charge >= 0.3 is 6.03 Å². The average molecular weight is 228 g/mol. The summed E-state index contributed by atoms with van der Waals surface area (Å²) < 4.78 is 10.8. The van der Waals surface area contributed by atoms with E-state index in [2.05, 4.69) is 17.2 Å². The molecule has 16 heavy (non-hydrogen) atoms. The van der Waals surface area contributed by atoms with Crippen LogP contribution in [0.3, 0.4) is 0 Å². The second kappa shape index (κ2) is 5.86. The first-order valence-corrected chi connectivity index (χ1v) is 5.50. The molecule has 0 spiro atoms. The zero-order valence-corrected chi connectivity index (χ0v) is 9.91. The van der Waals surface area contributed by atoms with Crippen molar-refractivity contribution in [2.75, 3.05) is 19.8 Å². The number of ether oxygens (including phenoxy) is 2. The van der Waals surface area contributed by atoms with Crippen LogP contribution in [0.25, 0.3) is 0 Å². The first kappa shape index (κ1) is 13.0. The van der Waals surface area contributed by atoms with Gasteiger partial charge < -0.3 is 20.1 Å². The molecule has 92 valence electrons. The lowest BCUT2D eigenvalue weighted by Crippen LogP contribution is -2.42. The van der Waals surface area contributed by atoms with Gasteiger partial charge in [-0.25, -0.2) is 4.79 Å². The van der Waals surface area contributed by atoms with E-state index in [4.69, 9.17) is 9.47 Å². The highest BCUT2D eigenvalue weighted by molar-refractivity contribution is 5.74. The van der Waals surface area contributed by atoms with Gasteiger partial charge in [-0.3, -0.25) is 0 Å². The first-order chi connectivity index (χ1) is 7.56. The van der Waals surface area contributed by atoms with E-state index in [1.165, 1.54) is 0 Å². The number of nitrogens with one attached hydrogen (secondary N) is 2. The van der Waals surface area contributed by atoms with Crippen molar-refractivity contribution in [1.82, 2.24) is 10.6 Å². The van der Waals surface area contributed by atoms with E-state index in [1.54, 1.807) is 6.08 Å². The number of hydrogen-bond donors (Lipinski definition) is 2. The lowest BCUT2D eigenvalue weighted by Gasteiger charge is -2.22. The molecule has 2 amide bonds. The van der Waals surface area contributed by atoms with Crippen LogP contribution in [0.1, 0.15) is 20.3 Å². The highest BCUT2D eigenvalue weighted by Crippen LogP contribution is 2.21. The third-order valence-corrected chi connectivity index (χ3v) is 2.48. The Kier molecular flexibility index (Phi) is 4.76. The van der Waals surface area contributed by atoms with Gasteiger partial charge in [0, 0.05) is 19.0 Å². The molecule has 2 N–H and O–H groups in total. The van der Waals surface area contributed by atoms with Gasteiger partial charge in [0.2, 0.25) is 0 Å². The topological polar surface area (TPSA) is 59.6 Å². The Labute approximate surface area is 96.2 Å². The molecule has 0 radical (unpaired) electrons. The Morgan fingerprint density at radius 3 is 2.75 bits per heavy atom. The van der Waals surface area contributed by atoms with Crippen molar-refractivity contribution in [3.05, 3.63) is 12.7 Å². The molecule has 1 unspecified atom stereocenters. The molecule has 0 aromatic carbocycles. The number of carbonyl (C=O) groups excluding carboxylic acids is 1. The average Bonchev–Trinajstić information content (AvgIpc) is 2.65. The van der Waals surface area contributed by atoms with Gasteiger partial charge in [0.25, 0.3) is 0 Å². The third kappa shape index (κ3) is 4.20. The molecule has 0 aromatic heterocycles. The molecule has 0 aliphatic carbocycles. The minimum absolute atomic E-state index is 0.0328. The zero-order chi connectivity index (χ0) is 12.0. The molecule has 0 saturated carbocycles. The van der Waals surface area contributed by atoms with Crippen LogP contribution in [0.15, 0.2) is 12.7 Å². The minimum atomic E-state index is -0.544. The zero-order valence-electron chi connectivity index (χ0n) is 9.91. The summed E-state index contributed by atoms with van der Waals surface area (Å²) in [5, 5.41) is 5.46. The Bertz CT molecular complexity index is 250. The summed E-state index contributed by atoms with van der Waals surface area (Å²) in [6, 6.07) is -0.233. The molecular weight excluding hydrogens is 208 g/mol. The summed E-state index contributed by atoms with van der Waals surface area (Å²) in [5.41, 5.74) is 0. The van der Waals surface area contributed by atoms with Crippen molar-refractivity contribution >= 4 is 6.03 Å². The van der Waals surface area contributed by atoms with Crippen molar-refractivity contribution in [3.63, 3.8) is 0 Å². The lowest BCUT2D eigenvalue weighted by atomic mass is 10.2. The van der Waals surface area contributed by atoms with E-state index in [9.17, 15) is 4.79 Å². The molecule has 1 fully saturated rings. The van der Waals surface area contributed by atoms with E-state index in [0.717, 1.165) is 0 Å². The van der Waals surface area contributed by atoms with E-state index in [0.29, 0.717) is 26.2 Å². The monoisotopic (exact) mass is 228 g/mol. The highest BCUT2D eigenvalue weighted by Gasteiger charge is 2.30. The number of hydrogen-bond acceptors (Lipinski definition) is 3. The largest absolute Gasteiger partial charge is 0.348 e. The van der Waals surface area contributed by atoms with Crippen molar-refractivity contribution in [2.45, 2.75) is 32.1 Å². The van der Waals surface area contributed by atoms with Crippen molar-refractivity contribution < 1.29 is 14.3 Å². The van der Waals surface area contributed by atoms with Crippen molar-refractivity contribution in [1.29, 1.82) is 0 Å². The van der Waals surface area contributed by atoms with Gasteiger partial charge in [-0.1, -0.05) is 6.08 Å². The van der Waals surface area contributed by atoms with Gasteiger partial charge in [-0.05, 0) is 13.8 Å². The van der Waals surface area contributed by atoms with Crippen LogP contribution in [0.4, 0.5) is 4.79 Å². The van der Waals surface area contributed by atoms with Crippen molar-refractivity contribution in [2.24, 2.45) is 0 Å². The SMILES string of the molecule is C=CC(C)NC(=O)NCCC1(C)OCCO1. The summed E-state index contributed by atoms with van der Waals surface area (Å²) in [7, 11) is 0. The molecule has 1 heterocycles. The van der Waals surface area contributed by atoms with Gasteiger partial charge in [0.15, 0.2) is 5.79 Å². The van der Waals surface area contributed by atoms with Crippen molar-refractivity contribution in [3.8, 4) is 0 Å². The quantitative estimate of drug-likeness (QED) is 0.690. The Hall–Kier alpha value is -1.07. The van der Waals surface area contributed by atoms with Crippen LogP contribution in [0.5, 0.6) is 0 Å². The molecule has 1 saturated heterocycles. The van der Waals surface area contributed by atoms with Crippen LogP contribution in [-0.2, 0) is 9.47 Å². The molecule has 1 aliphatic heterocycles. The fourth-order valence-corrected chi connectivity index (χ4v) is 1.42. The summed E-state index contributed by atoms with van der Waals surface area (Å²) in [6.07, 6.45) is 2.31. The first-order valence-electron chi connectivity index (χ1n) is 5.50. The van der Waals surface area contributed by atoms with E-state index >= 15 is 0 Å². The van der Waals surface area contributed by atoms with Crippen LogP contribution in [0, 0.1) is 0 Å². The summed E-state index contributed by atoms with van der Waals surface area (Å²) in [6.45, 7) is 9.09. The highest BCUT2D eigenvalue weighted by atomic mass is 16.7. The molecule has 5 heteroatoms. The molecule has 5 nitrogen and oxygen atoms in total. The summed E-state index contributed by atoms with van der Waals surface area (Å²) in [4.78, 5) is 11.3. The predicted molar refractivity (Wildman–Crippen MR) is 61.1 cm³/mol. The number of urea groups is 1. The number of amides is 2. The predicted octanol–water partition coefficient (Wildman–Crippen LogP) is 1.01. The smallest absolute Gasteiger partial charge is 0.315 e. The van der Waals surface area contributed by atoms with Crippen LogP contribution in [-0.4, -0.2) is 37.6 Å². The molecular formula is C11H20N2O3. The van der Waals surface area contributed by atoms with Crippen LogP contribution in [0.2, 0.25) is 0 Å². The maximum Gasteiger partial charge on any atom is 0.315 e. The van der Waals surface area contributed by atoms with Crippen LogP contribution >= 0.6 is 0 Å². The Morgan fingerprint density at radius 2 is 2.19 bits per heavy atom. The number of rotatable bonds is 5. The summed E-state index contributed by atoms with van der Waals surface area (Å²) >= 11 is 0. The minimum Gasteiger partial charge on any atom is -0.348 e. The molecule has 0 bridgehead atoms. The van der Waals surface area contributed by atoms with Gasteiger partial charge in [-0.2, -0.15) is 0 Å². The molecule has 1 rings (SSSR count). The van der Waals surface area contributed by atoms with E-state index in [-0.39, 0.29) is 12.1 Å². The van der Waals surface area contributed by atoms with E-state index < -0.39 is 5.79 Å². The lowest BCUT2D eigenvalue weighted by molar-refractivity contribution is -0.145. The standard InChI is InChI=1S/C11H20N2O3/c1-4-9(2)13-10(14)12-6-5-11(3)15-7-8-16-11/h4,9H,1,5-8H2,2-3H3,(H2,12,13,14). The fraction of sp³-hybridized carbons (Fsp3) is 0.727. The number of carbonyl (C=O) groups is 1. The Balaban J connectivity index is 2.15. The second-order valence-electron chi connectivity index (χ2n) is 4.01. The Morgan fingerprint density at radius 1 is 1.56 bits per heavy atom. The molecule has 1 aliphatic rings. The fourth-order valence-electron chi connectivity index (χ4n) is 1.42. The second-order valence-corrected chi connectivity index (χ2v) is 4.01. The van der Waals surface area contributed by atoms with Gasteiger partial charge in [0.1, 0.15) is 0 Å². The van der Waals surface area contributed by atoms with Gasteiger partial charge in [0.05, 0.1) is 13.2 Å². The molecule has 0 aromatic rings.